The molecule has 0 saturated carbocycles. The summed E-state index contributed by atoms with van der Waals surface area (Å²) in [6.07, 6.45) is 1.42. The monoisotopic (exact) mass is 407 g/mol. The molecule has 1 aromatic rings. The molecule has 0 spiro atoms. The Morgan fingerprint density at radius 3 is 2.32 bits per heavy atom. The second-order valence-electron chi connectivity index (χ2n) is 9.19. The van der Waals surface area contributed by atoms with Crippen LogP contribution in [-0.4, -0.2) is 36.6 Å². The van der Waals surface area contributed by atoms with Crippen molar-refractivity contribution >= 4 is 30.9 Å². The summed E-state index contributed by atoms with van der Waals surface area (Å²) in [7, 11) is -0.600. The van der Waals surface area contributed by atoms with Gasteiger partial charge in [0.15, 0.2) is 0 Å². The van der Waals surface area contributed by atoms with Gasteiger partial charge in [-0.1, -0.05) is 35.4 Å². The Kier molecular flexibility index (Phi) is 6.59. The van der Waals surface area contributed by atoms with E-state index in [0.717, 1.165) is 16.6 Å². The number of carbonyl (C=O) groups excluding carboxylic acids is 1. The molecule has 7 heteroatoms. The molecule has 0 aromatic heterocycles. The van der Waals surface area contributed by atoms with Crippen LogP contribution in [0.15, 0.2) is 23.7 Å². The van der Waals surface area contributed by atoms with Crippen LogP contribution >= 0.6 is 11.6 Å². The highest BCUT2D eigenvalue weighted by atomic mass is 35.5. The first kappa shape index (κ1) is 22.8. The zero-order chi connectivity index (χ0) is 21.3. The molecule has 1 heterocycles. The van der Waals surface area contributed by atoms with Gasteiger partial charge in [0.05, 0.1) is 11.2 Å². The number of nitrogens with one attached hydrogen (secondary N) is 1. The zero-order valence-electron chi connectivity index (χ0n) is 18.1. The third-order valence-corrected chi connectivity index (χ3v) is 5.23. The topological polar surface area (TPSA) is 56.8 Å². The number of carbonyl (C=O) groups is 1. The minimum atomic E-state index is -0.600. The van der Waals surface area contributed by atoms with Gasteiger partial charge in [-0.05, 0) is 72.5 Å². The van der Waals surface area contributed by atoms with Crippen LogP contribution in [0.1, 0.15) is 59.6 Å². The van der Waals surface area contributed by atoms with Crippen LogP contribution in [0.5, 0.6) is 0 Å². The number of ether oxygens (including phenoxy) is 1. The SMILES string of the molecule is Cc1ccc(Cl)c(C=C(CNC(=O)OC(C)(C)C)B2OC(C)(C)C(C)(C)O2)c1. The average Bonchev–Trinajstić information content (AvgIpc) is 2.73. The molecule has 154 valence electrons. The van der Waals surface area contributed by atoms with E-state index in [4.69, 9.17) is 25.6 Å². The number of hydrogen-bond acceptors (Lipinski definition) is 4. The van der Waals surface area contributed by atoms with E-state index in [2.05, 4.69) is 5.32 Å². The summed E-state index contributed by atoms with van der Waals surface area (Å²) in [4.78, 5) is 12.1. The third-order valence-electron chi connectivity index (χ3n) is 4.88. The normalized spacial score (nSPS) is 18.9. The Labute approximate surface area is 173 Å². The molecule has 1 aliphatic rings. The second kappa shape index (κ2) is 8.09. The van der Waals surface area contributed by atoms with Gasteiger partial charge < -0.3 is 19.4 Å². The fraction of sp³-hybridized carbons (Fsp3) is 0.571. The minimum absolute atomic E-state index is 0.218. The molecular weight excluding hydrogens is 376 g/mol. The first-order chi connectivity index (χ1) is 12.7. The van der Waals surface area contributed by atoms with Gasteiger partial charge in [0.2, 0.25) is 0 Å². The maximum absolute atomic E-state index is 12.1. The van der Waals surface area contributed by atoms with Crippen molar-refractivity contribution in [2.75, 3.05) is 6.54 Å². The molecule has 5 nitrogen and oxygen atoms in total. The van der Waals surface area contributed by atoms with E-state index in [-0.39, 0.29) is 6.54 Å². The van der Waals surface area contributed by atoms with Crippen LogP contribution in [0.25, 0.3) is 6.08 Å². The van der Waals surface area contributed by atoms with Gasteiger partial charge in [0.1, 0.15) is 5.60 Å². The summed E-state index contributed by atoms with van der Waals surface area (Å²) in [5.74, 6) is 0. The first-order valence-electron chi connectivity index (χ1n) is 9.49. The summed E-state index contributed by atoms with van der Waals surface area (Å²) in [5.41, 5.74) is 1.15. The number of hydrogen-bond donors (Lipinski definition) is 1. The molecular formula is C21H31BClNO4. The van der Waals surface area contributed by atoms with E-state index in [0.29, 0.717) is 5.02 Å². The summed E-state index contributed by atoms with van der Waals surface area (Å²) in [6.45, 7) is 15.7. The van der Waals surface area contributed by atoms with Crippen molar-refractivity contribution in [3.63, 3.8) is 0 Å². The lowest BCUT2D eigenvalue weighted by molar-refractivity contribution is 0.00578. The van der Waals surface area contributed by atoms with Crippen molar-refractivity contribution in [2.24, 2.45) is 0 Å². The van der Waals surface area contributed by atoms with Crippen molar-refractivity contribution in [1.29, 1.82) is 0 Å². The van der Waals surface area contributed by atoms with E-state index in [1.54, 1.807) is 0 Å². The van der Waals surface area contributed by atoms with Gasteiger partial charge >= 0.3 is 13.2 Å². The number of rotatable bonds is 4. The number of benzene rings is 1. The molecule has 0 atom stereocenters. The van der Waals surface area contributed by atoms with Crippen molar-refractivity contribution in [3.05, 3.63) is 39.8 Å². The fourth-order valence-corrected chi connectivity index (χ4v) is 2.83. The second-order valence-corrected chi connectivity index (χ2v) is 9.60. The Bertz CT molecular complexity index is 752. The van der Waals surface area contributed by atoms with Crippen molar-refractivity contribution in [2.45, 2.75) is 72.2 Å². The molecule has 1 N–H and O–H groups in total. The zero-order valence-corrected chi connectivity index (χ0v) is 18.9. The molecule has 0 aliphatic carbocycles. The molecule has 0 bridgehead atoms. The highest BCUT2D eigenvalue weighted by Crippen LogP contribution is 2.39. The molecule has 1 aromatic carbocycles. The van der Waals surface area contributed by atoms with Crippen LogP contribution in [0.3, 0.4) is 0 Å². The first-order valence-corrected chi connectivity index (χ1v) is 9.87. The predicted molar refractivity (Wildman–Crippen MR) is 114 cm³/mol. The molecule has 0 radical (unpaired) electrons. The summed E-state index contributed by atoms with van der Waals surface area (Å²) >= 11 is 6.37. The number of amides is 1. The Morgan fingerprint density at radius 2 is 1.79 bits per heavy atom. The molecule has 1 amide bonds. The Hall–Kier alpha value is -1.50. The summed E-state index contributed by atoms with van der Waals surface area (Å²) in [6, 6.07) is 5.79. The van der Waals surface area contributed by atoms with Crippen LogP contribution in [0, 0.1) is 6.92 Å². The van der Waals surface area contributed by atoms with E-state index in [1.165, 1.54) is 0 Å². The minimum Gasteiger partial charge on any atom is -0.444 e. The number of alkyl carbamates (subject to hydrolysis) is 1. The van der Waals surface area contributed by atoms with Gasteiger partial charge in [0.25, 0.3) is 0 Å². The van der Waals surface area contributed by atoms with Gasteiger partial charge in [-0.25, -0.2) is 4.79 Å². The molecule has 0 unspecified atom stereocenters. The van der Waals surface area contributed by atoms with Gasteiger partial charge in [-0.3, -0.25) is 0 Å². The lowest BCUT2D eigenvalue weighted by Gasteiger charge is -2.32. The van der Waals surface area contributed by atoms with E-state index >= 15 is 0 Å². The number of aryl methyl sites for hydroxylation is 1. The third kappa shape index (κ3) is 5.75. The van der Waals surface area contributed by atoms with Crippen LogP contribution < -0.4 is 5.32 Å². The quantitative estimate of drug-likeness (QED) is 0.698. The van der Waals surface area contributed by atoms with Crippen LogP contribution in [0.2, 0.25) is 5.02 Å². The molecule has 1 saturated heterocycles. The number of halogens is 1. The fourth-order valence-electron chi connectivity index (χ4n) is 2.66. The lowest BCUT2D eigenvalue weighted by Crippen LogP contribution is -2.41. The van der Waals surface area contributed by atoms with Crippen molar-refractivity contribution < 1.29 is 18.8 Å². The van der Waals surface area contributed by atoms with E-state index in [9.17, 15) is 4.79 Å². The van der Waals surface area contributed by atoms with Crippen molar-refractivity contribution in [3.8, 4) is 0 Å². The van der Waals surface area contributed by atoms with E-state index in [1.807, 2.05) is 79.7 Å². The highest BCUT2D eigenvalue weighted by molar-refractivity contribution is 6.56. The van der Waals surface area contributed by atoms with Gasteiger partial charge in [-0.2, -0.15) is 0 Å². The van der Waals surface area contributed by atoms with Crippen LogP contribution in [-0.2, 0) is 14.0 Å². The Morgan fingerprint density at radius 1 is 1.21 bits per heavy atom. The highest BCUT2D eigenvalue weighted by Gasteiger charge is 2.52. The largest absolute Gasteiger partial charge is 0.492 e. The predicted octanol–water partition coefficient (Wildman–Crippen LogP) is 5.19. The summed E-state index contributed by atoms with van der Waals surface area (Å²) in [5, 5.41) is 3.41. The smallest absolute Gasteiger partial charge is 0.444 e. The lowest BCUT2D eigenvalue weighted by atomic mass is 9.77. The average molecular weight is 408 g/mol. The molecule has 1 fully saturated rings. The Balaban J connectivity index is 2.30. The standard InChI is InChI=1S/C21H31BClNO4/c1-14-9-10-17(23)15(11-14)12-16(13-24-18(25)26-19(2,3)4)22-27-20(5,6)21(7,8)28-22/h9-12H,13H2,1-8H3,(H,24,25). The van der Waals surface area contributed by atoms with Gasteiger partial charge in [0, 0.05) is 11.6 Å². The van der Waals surface area contributed by atoms with Crippen LogP contribution in [0.4, 0.5) is 4.79 Å². The molecule has 28 heavy (non-hydrogen) atoms. The maximum atomic E-state index is 12.1. The molecule has 2 rings (SSSR count). The van der Waals surface area contributed by atoms with Gasteiger partial charge in [-0.15, -0.1) is 0 Å². The molecule has 1 aliphatic heterocycles. The maximum Gasteiger partial charge on any atom is 0.492 e. The summed E-state index contributed by atoms with van der Waals surface area (Å²) < 4.78 is 17.7. The van der Waals surface area contributed by atoms with E-state index < -0.39 is 30.0 Å². The van der Waals surface area contributed by atoms with Crippen molar-refractivity contribution in [1.82, 2.24) is 5.32 Å².